The lowest BCUT2D eigenvalue weighted by Crippen LogP contribution is -2.54. The first kappa shape index (κ1) is 40.4. The molecule has 52 heavy (non-hydrogen) atoms. The van der Waals surface area contributed by atoms with Gasteiger partial charge in [-0.2, -0.15) is 0 Å². The van der Waals surface area contributed by atoms with Crippen molar-refractivity contribution in [3.05, 3.63) is 82.3 Å². The van der Waals surface area contributed by atoms with Crippen LogP contribution in [0.15, 0.2) is 54.7 Å². The Bertz CT molecular complexity index is 1700. The second-order valence-electron chi connectivity index (χ2n) is 14.8. The van der Waals surface area contributed by atoms with Gasteiger partial charge in [-0.3, -0.25) is 4.79 Å². The van der Waals surface area contributed by atoms with Crippen molar-refractivity contribution in [2.24, 2.45) is 5.73 Å². The molecule has 1 saturated carbocycles. The van der Waals surface area contributed by atoms with Gasteiger partial charge in [0.2, 0.25) is 0 Å². The van der Waals surface area contributed by atoms with Gasteiger partial charge < -0.3 is 34.9 Å². The van der Waals surface area contributed by atoms with E-state index in [1.807, 2.05) is 71.9 Å². The summed E-state index contributed by atoms with van der Waals surface area (Å²) in [4.78, 5) is 44.6. The molecule has 0 spiro atoms. The average Bonchev–Trinajstić information content (AvgIpc) is 3.06. The number of amides is 3. The summed E-state index contributed by atoms with van der Waals surface area (Å²) in [5.41, 5.74) is 5.87. The van der Waals surface area contributed by atoms with Gasteiger partial charge in [-0.05, 0) is 90.5 Å². The zero-order valence-electron chi connectivity index (χ0n) is 31.0. The summed E-state index contributed by atoms with van der Waals surface area (Å²) >= 11 is 6.66. The van der Waals surface area contributed by atoms with Gasteiger partial charge in [-0.25, -0.2) is 19.0 Å². The third-order valence-corrected chi connectivity index (χ3v) is 9.05. The molecule has 13 heteroatoms. The fourth-order valence-electron chi connectivity index (χ4n) is 6.41. The van der Waals surface area contributed by atoms with Crippen molar-refractivity contribution in [3.63, 3.8) is 0 Å². The standard InChI is InChI=1S/C39H50ClFN4O7/c1-38(2,3)45(27-16-14-26(15-17-27)44-36(47)52-39(4,5)6)37(48)51-23-30(24-11-9-8-10-12-24)25-13-18-31(40)28(21-25)32-29(34(42)46)22-43-35(33(32)41)50-20-19-49-7/h8-13,18,21-22,26-27,30H,14-17,19-20,23H2,1-7H3,(H2,42,46)(H,44,47). The maximum atomic E-state index is 16.0. The Morgan fingerprint density at radius 1 is 1.00 bits per heavy atom. The molecule has 0 aliphatic heterocycles. The van der Waals surface area contributed by atoms with E-state index in [4.69, 9.17) is 36.3 Å². The van der Waals surface area contributed by atoms with Crippen molar-refractivity contribution in [3.8, 4) is 17.0 Å². The molecule has 3 amide bonds. The van der Waals surface area contributed by atoms with Crippen molar-refractivity contribution < 1.29 is 37.7 Å². The Kier molecular flexibility index (Phi) is 13.5. The number of ether oxygens (including phenoxy) is 4. The highest BCUT2D eigenvalue weighted by molar-refractivity contribution is 6.33. The van der Waals surface area contributed by atoms with E-state index in [2.05, 4.69) is 10.3 Å². The zero-order chi connectivity index (χ0) is 38.2. The monoisotopic (exact) mass is 740 g/mol. The van der Waals surface area contributed by atoms with E-state index in [9.17, 15) is 14.4 Å². The number of nitrogens with two attached hydrogens (primary N) is 1. The first-order valence-electron chi connectivity index (χ1n) is 17.4. The van der Waals surface area contributed by atoms with E-state index in [-0.39, 0.29) is 59.5 Å². The first-order chi connectivity index (χ1) is 24.5. The van der Waals surface area contributed by atoms with Crippen LogP contribution in [0, 0.1) is 5.82 Å². The molecule has 1 aliphatic rings. The Morgan fingerprint density at radius 3 is 2.27 bits per heavy atom. The fraction of sp³-hybridized carbons (Fsp3) is 0.487. The van der Waals surface area contributed by atoms with Crippen LogP contribution in [-0.4, -0.2) is 78.1 Å². The van der Waals surface area contributed by atoms with Crippen molar-refractivity contribution in [1.82, 2.24) is 15.2 Å². The van der Waals surface area contributed by atoms with Crippen LogP contribution in [0.2, 0.25) is 5.02 Å². The third kappa shape index (κ3) is 10.6. The first-order valence-corrected chi connectivity index (χ1v) is 17.8. The van der Waals surface area contributed by atoms with Crippen LogP contribution in [0.1, 0.15) is 94.6 Å². The van der Waals surface area contributed by atoms with E-state index in [1.54, 1.807) is 23.1 Å². The Labute approximate surface area is 310 Å². The molecule has 1 heterocycles. The van der Waals surface area contributed by atoms with Crippen molar-refractivity contribution in [2.45, 2.75) is 96.4 Å². The van der Waals surface area contributed by atoms with Crippen LogP contribution in [-0.2, 0) is 14.2 Å². The highest BCUT2D eigenvalue weighted by Gasteiger charge is 2.38. The Hall–Kier alpha value is -4.42. The van der Waals surface area contributed by atoms with Crippen molar-refractivity contribution in [2.75, 3.05) is 26.9 Å². The SMILES string of the molecule is COCCOc1ncc(C(N)=O)c(-c2cc(C(COC(=O)N(C3CCC(NC(=O)OC(C)(C)C)CC3)C(C)(C)C)c3ccccc3)ccc2Cl)c1F. The molecular formula is C39H50ClFN4O7. The van der Waals surface area contributed by atoms with Gasteiger partial charge in [0.25, 0.3) is 11.8 Å². The van der Waals surface area contributed by atoms with E-state index in [0.29, 0.717) is 31.2 Å². The molecule has 1 atom stereocenters. The maximum Gasteiger partial charge on any atom is 0.410 e. The molecule has 2 aromatic carbocycles. The fourth-order valence-corrected chi connectivity index (χ4v) is 6.62. The summed E-state index contributed by atoms with van der Waals surface area (Å²) in [5, 5.41) is 3.12. The van der Waals surface area contributed by atoms with Gasteiger partial charge in [0.1, 0.15) is 18.8 Å². The van der Waals surface area contributed by atoms with Crippen molar-refractivity contribution >= 4 is 29.7 Å². The summed E-state index contributed by atoms with van der Waals surface area (Å²) in [6.07, 6.45) is 2.95. The van der Waals surface area contributed by atoms with Crippen LogP contribution in [0.3, 0.4) is 0 Å². The number of nitrogens with one attached hydrogen (secondary N) is 1. The molecule has 1 fully saturated rings. The normalized spacial score (nSPS) is 16.8. The molecular weight excluding hydrogens is 691 g/mol. The topological polar surface area (TPSA) is 142 Å². The van der Waals surface area contributed by atoms with Gasteiger partial charge in [0.05, 0.1) is 12.2 Å². The second kappa shape index (κ2) is 17.4. The number of carbonyl (C=O) groups excluding carboxylic acids is 3. The van der Waals surface area contributed by atoms with Crippen molar-refractivity contribution in [1.29, 1.82) is 0 Å². The smallest absolute Gasteiger partial charge is 0.410 e. The number of rotatable bonds is 12. The van der Waals surface area contributed by atoms with Crippen LogP contribution in [0.4, 0.5) is 14.0 Å². The lowest BCUT2D eigenvalue weighted by molar-refractivity contribution is 0.0260. The van der Waals surface area contributed by atoms with Crippen LogP contribution in [0.25, 0.3) is 11.1 Å². The summed E-state index contributed by atoms with van der Waals surface area (Å²) in [6.45, 7) is 11.5. The van der Waals surface area contributed by atoms with E-state index in [0.717, 1.165) is 11.8 Å². The molecule has 0 radical (unpaired) electrons. The van der Waals surface area contributed by atoms with Crippen LogP contribution >= 0.6 is 11.6 Å². The molecule has 3 aromatic rings. The number of pyridine rings is 1. The third-order valence-electron chi connectivity index (χ3n) is 8.72. The molecule has 1 aliphatic carbocycles. The van der Waals surface area contributed by atoms with Crippen LogP contribution < -0.4 is 15.8 Å². The van der Waals surface area contributed by atoms with E-state index < -0.39 is 41.0 Å². The Morgan fingerprint density at radius 2 is 1.67 bits per heavy atom. The number of hydrogen-bond acceptors (Lipinski definition) is 8. The van der Waals surface area contributed by atoms with Gasteiger partial charge >= 0.3 is 12.2 Å². The minimum absolute atomic E-state index is 0.0288. The lowest BCUT2D eigenvalue weighted by atomic mass is 9.88. The number of aromatic nitrogens is 1. The number of methoxy groups -OCH3 is 1. The predicted molar refractivity (Wildman–Crippen MR) is 197 cm³/mol. The summed E-state index contributed by atoms with van der Waals surface area (Å²) < 4.78 is 38.0. The number of benzene rings is 2. The molecule has 11 nitrogen and oxygen atoms in total. The summed E-state index contributed by atoms with van der Waals surface area (Å²) in [5.74, 6) is -2.61. The van der Waals surface area contributed by atoms with Gasteiger partial charge in [0.15, 0.2) is 5.82 Å². The number of nitrogens with zero attached hydrogens (tertiary/aromatic N) is 2. The quantitative estimate of drug-likeness (QED) is 0.179. The molecule has 0 bridgehead atoms. The lowest BCUT2D eigenvalue weighted by Gasteiger charge is -2.43. The van der Waals surface area contributed by atoms with Gasteiger partial charge in [-0.1, -0.05) is 48.0 Å². The average molecular weight is 741 g/mol. The largest absolute Gasteiger partial charge is 0.473 e. The number of alkyl carbamates (subject to hydrolysis) is 1. The number of hydrogen-bond donors (Lipinski definition) is 2. The molecule has 4 rings (SSSR count). The van der Waals surface area contributed by atoms with Gasteiger partial charge in [-0.15, -0.1) is 0 Å². The minimum Gasteiger partial charge on any atom is -0.473 e. The highest BCUT2D eigenvalue weighted by Crippen LogP contribution is 2.39. The second-order valence-corrected chi connectivity index (χ2v) is 15.3. The number of carbonyl (C=O) groups is 3. The maximum absolute atomic E-state index is 16.0. The molecule has 0 saturated heterocycles. The highest BCUT2D eigenvalue weighted by atomic mass is 35.5. The summed E-state index contributed by atoms with van der Waals surface area (Å²) in [6, 6.07) is 14.3. The molecule has 1 aromatic heterocycles. The van der Waals surface area contributed by atoms with E-state index >= 15 is 4.39 Å². The Balaban J connectivity index is 1.61. The minimum atomic E-state index is -0.897. The molecule has 3 N–H and O–H groups in total. The predicted octanol–water partition coefficient (Wildman–Crippen LogP) is 7.87. The van der Waals surface area contributed by atoms with Gasteiger partial charge in [0, 0.05) is 53.0 Å². The van der Waals surface area contributed by atoms with Crippen LogP contribution in [0.5, 0.6) is 5.88 Å². The summed E-state index contributed by atoms with van der Waals surface area (Å²) in [7, 11) is 1.49. The van der Waals surface area contributed by atoms with E-state index in [1.165, 1.54) is 7.11 Å². The number of halogens is 2. The molecule has 1 unspecified atom stereocenters. The molecule has 282 valence electrons. The number of primary amides is 1. The zero-order valence-corrected chi connectivity index (χ0v) is 31.7.